The zero-order valence-corrected chi connectivity index (χ0v) is 25.6. The molecule has 2 aromatic heterocycles. The van der Waals surface area contributed by atoms with Crippen molar-refractivity contribution in [1.82, 2.24) is 15.0 Å². The number of aryl methyl sites for hydroxylation is 2. The van der Waals surface area contributed by atoms with Crippen LogP contribution in [0.4, 0.5) is 5.69 Å². The van der Waals surface area contributed by atoms with Gasteiger partial charge in [-0.2, -0.15) is 4.98 Å². The lowest BCUT2D eigenvalue weighted by atomic mass is 10.0. The minimum absolute atomic E-state index is 0.0621. The van der Waals surface area contributed by atoms with Gasteiger partial charge in [0.15, 0.2) is 5.76 Å². The summed E-state index contributed by atoms with van der Waals surface area (Å²) in [6.07, 6.45) is 0. The van der Waals surface area contributed by atoms with Crippen molar-refractivity contribution in [3.05, 3.63) is 137 Å². The maximum Gasteiger partial charge on any atom is 0.323 e. The lowest BCUT2D eigenvalue weighted by Gasteiger charge is -2.21. The molecule has 0 atom stereocenters. The van der Waals surface area contributed by atoms with Crippen molar-refractivity contribution in [3.63, 3.8) is 0 Å². The third-order valence-corrected chi connectivity index (χ3v) is 7.50. The van der Waals surface area contributed by atoms with Crippen LogP contribution in [-0.4, -0.2) is 44.5 Å². The molecule has 0 aliphatic heterocycles. The van der Waals surface area contributed by atoms with Gasteiger partial charge in [0.1, 0.15) is 12.3 Å². The highest BCUT2D eigenvalue weighted by Gasteiger charge is 2.20. The second-order valence-corrected chi connectivity index (χ2v) is 11.1. The summed E-state index contributed by atoms with van der Waals surface area (Å²) in [4.78, 5) is 43.1. The number of carbonyl (C=O) groups excluding carboxylic acids is 2. The third-order valence-electron chi connectivity index (χ3n) is 7.50. The molecule has 0 spiro atoms. The predicted molar refractivity (Wildman–Crippen MR) is 176 cm³/mol. The Balaban J connectivity index is 1.11. The van der Waals surface area contributed by atoms with Crippen molar-refractivity contribution < 1.29 is 28.4 Å². The number of rotatable bonds is 10. The summed E-state index contributed by atoms with van der Waals surface area (Å²) in [6, 6.07) is 32.9. The first-order valence-corrected chi connectivity index (χ1v) is 14.8. The molecule has 2 N–H and O–H groups in total. The molecule has 0 radical (unpaired) electrons. The Labute approximate surface area is 270 Å². The third kappa shape index (κ3) is 7.34. The second-order valence-electron chi connectivity index (χ2n) is 11.1. The summed E-state index contributed by atoms with van der Waals surface area (Å²) in [7, 11) is 0. The zero-order chi connectivity index (χ0) is 32.9. The maximum atomic E-state index is 13.3. The van der Waals surface area contributed by atoms with E-state index in [2.05, 4.69) is 46.6 Å². The van der Waals surface area contributed by atoms with Gasteiger partial charge in [0, 0.05) is 28.9 Å². The molecule has 6 aromatic rings. The summed E-state index contributed by atoms with van der Waals surface area (Å²) in [6.45, 7) is 3.37. The lowest BCUT2D eigenvalue weighted by molar-refractivity contribution is -0.137. The van der Waals surface area contributed by atoms with Crippen LogP contribution in [0.2, 0.25) is 0 Å². The van der Waals surface area contributed by atoms with Crippen LogP contribution in [0.25, 0.3) is 34.0 Å². The molecule has 2 amide bonds. The molecule has 0 aliphatic rings. The summed E-state index contributed by atoms with van der Waals surface area (Å²) < 4.78 is 10.9. The predicted octanol–water partition coefficient (Wildman–Crippen LogP) is 7.26. The number of hydrogen-bond acceptors (Lipinski definition) is 7. The molecule has 47 heavy (non-hydrogen) atoms. The summed E-state index contributed by atoms with van der Waals surface area (Å²) in [5, 5.41) is 16.3. The molecule has 0 fully saturated rings. The second kappa shape index (κ2) is 13.4. The number of nitrogens with one attached hydrogen (secondary N) is 1. The van der Waals surface area contributed by atoms with Crippen molar-refractivity contribution in [2.75, 3.05) is 11.9 Å². The Morgan fingerprint density at radius 2 is 1.36 bits per heavy atom. The monoisotopic (exact) mass is 626 g/mol. The van der Waals surface area contributed by atoms with Crippen LogP contribution < -0.4 is 5.32 Å². The number of furan rings is 1. The number of nitrogens with zero attached hydrogens (tertiary/aromatic N) is 3. The highest BCUT2D eigenvalue weighted by molar-refractivity contribution is 6.03. The Morgan fingerprint density at radius 1 is 0.745 bits per heavy atom. The van der Waals surface area contributed by atoms with E-state index in [4.69, 9.17) is 8.94 Å². The number of benzene rings is 4. The van der Waals surface area contributed by atoms with E-state index >= 15 is 0 Å². The molecule has 10 nitrogen and oxygen atoms in total. The average molecular weight is 627 g/mol. The Hall–Kier alpha value is -6.29. The smallest absolute Gasteiger partial charge is 0.323 e. The number of hydrogen-bond donors (Lipinski definition) is 2. The Morgan fingerprint density at radius 3 is 1.98 bits per heavy atom. The molecule has 10 heteroatoms. The Kier molecular flexibility index (Phi) is 8.74. The number of amides is 2. The lowest BCUT2D eigenvalue weighted by Crippen LogP contribution is -2.35. The first-order chi connectivity index (χ1) is 22.7. The van der Waals surface area contributed by atoms with Crippen LogP contribution in [0.15, 0.2) is 118 Å². The van der Waals surface area contributed by atoms with Crippen molar-refractivity contribution in [2.24, 2.45) is 0 Å². The fourth-order valence-electron chi connectivity index (χ4n) is 4.98. The van der Waals surface area contributed by atoms with Crippen molar-refractivity contribution in [2.45, 2.75) is 20.4 Å². The van der Waals surface area contributed by atoms with Gasteiger partial charge in [-0.25, -0.2) is 0 Å². The van der Waals surface area contributed by atoms with Gasteiger partial charge < -0.3 is 24.3 Å². The van der Waals surface area contributed by atoms with Crippen molar-refractivity contribution in [3.8, 4) is 34.0 Å². The first-order valence-electron chi connectivity index (χ1n) is 14.8. The molecule has 0 saturated carbocycles. The standard InChI is InChI=1S/C37H30N4O6/c1-23-3-8-26(9-4-23)27-12-14-29(15-13-27)36-39-34(40-47-36)28-10-6-25(7-11-28)21-41(22-33(42)43)37(45)30-16-18-31(19-17-30)38-35(44)32-20-5-24(2)46-32/h3-20H,21-22H2,1-2H3,(H,38,44)(H,42,43). The van der Waals surface area contributed by atoms with Crippen LogP contribution in [-0.2, 0) is 11.3 Å². The van der Waals surface area contributed by atoms with E-state index in [1.54, 1.807) is 55.5 Å². The van der Waals surface area contributed by atoms with Crippen molar-refractivity contribution >= 4 is 23.5 Å². The summed E-state index contributed by atoms with van der Waals surface area (Å²) in [5.41, 5.74) is 6.37. The van der Waals surface area contributed by atoms with Crippen LogP contribution in [0.1, 0.15) is 37.8 Å². The normalized spacial score (nSPS) is 10.9. The van der Waals surface area contributed by atoms with Gasteiger partial charge in [0.25, 0.3) is 17.7 Å². The van der Waals surface area contributed by atoms with E-state index in [0.29, 0.717) is 28.7 Å². The molecule has 6 rings (SSSR count). The number of aromatic nitrogens is 2. The van der Waals surface area contributed by atoms with E-state index in [-0.39, 0.29) is 17.9 Å². The fraction of sp³-hybridized carbons (Fsp3) is 0.108. The molecule has 0 aliphatic carbocycles. The largest absolute Gasteiger partial charge is 0.480 e. The van der Waals surface area contributed by atoms with Crippen molar-refractivity contribution in [1.29, 1.82) is 0 Å². The quantitative estimate of drug-likeness (QED) is 0.162. The van der Waals surface area contributed by atoms with Gasteiger partial charge >= 0.3 is 5.97 Å². The maximum absolute atomic E-state index is 13.3. The first kappa shape index (κ1) is 30.7. The van der Waals surface area contributed by atoms with Gasteiger partial charge in [-0.05, 0) is 79.1 Å². The average Bonchev–Trinajstić information content (AvgIpc) is 3.75. The topological polar surface area (TPSA) is 139 Å². The number of carbonyl (C=O) groups is 3. The zero-order valence-electron chi connectivity index (χ0n) is 25.6. The van der Waals surface area contributed by atoms with Gasteiger partial charge in [0.05, 0.1) is 0 Å². The highest BCUT2D eigenvalue weighted by Crippen LogP contribution is 2.26. The van der Waals surface area contributed by atoms with Gasteiger partial charge in [-0.1, -0.05) is 71.4 Å². The molecule has 0 bridgehead atoms. The number of aliphatic carboxylic acids is 1. The fourth-order valence-corrected chi connectivity index (χ4v) is 4.98. The van der Waals surface area contributed by atoms with E-state index in [1.165, 1.54) is 22.6 Å². The number of carboxylic acid groups (broad SMARTS) is 1. The molecular formula is C37H30N4O6. The summed E-state index contributed by atoms with van der Waals surface area (Å²) in [5.74, 6) is -0.445. The van der Waals surface area contributed by atoms with E-state index in [0.717, 1.165) is 22.3 Å². The SMILES string of the molecule is Cc1ccc(-c2ccc(-c3nc(-c4ccc(CN(CC(=O)O)C(=O)c5ccc(NC(=O)c6ccc(C)o6)cc5)cc4)no3)cc2)cc1. The molecule has 4 aromatic carbocycles. The molecule has 2 heterocycles. The molecule has 234 valence electrons. The molecular weight excluding hydrogens is 596 g/mol. The Bertz CT molecular complexity index is 2030. The summed E-state index contributed by atoms with van der Waals surface area (Å²) >= 11 is 0. The minimum Gasteiger partial charge on any atom is -0.480 e. The van der Waals surface area contributed by atoms with Gasteiger partial charge in [-0.3, -0.25) is 14.4 Å². The van der Waals surface area contributed by atoms with Gasteiger partial charge in [-0.15, -0.1) is 0 Å². The minimum atomic E-state index is -1.14. The molecule has 0 saturated heterocycles. The van der Waals surface area contributed by atoms with Crippen LogP contribution in [0, 0.1) is 13.8 Å². The van der Waals surface area contributed by atoms with E-state index in [1.807, 2.05) is 24.3 Å². The van der Waals surface area contributed by atoms with Crippen LogP contribution in [0.5, 0.6) is 0 Å². The molecule has 0 unspecified atom stereocenters. The highest BCUT2D eigenvalue weighted by atomic mass is 16.5. The number of anilines is 1. The number of carboxylic acids is 1. The van der Waals surface area contributed by atoms with Crippen LogP contribution >= 0.6 is 0 Å². The van der Waals surface area contributed by atoms with E-state index in [9.17, 15) is 19.5 Å². The van der Waals surface area contributed by atoms with Gasteiger partial charge in [0.2, 0.25) is 5.82 Å². The van der Waals surface area contributed by atoms with Crippen LogP contribution in [0.3, 0.4) is 0 Å². The van der Waals surface area contributed by atoms with E-state index < -0.39 is 24.3 Å².